The number of carbonyl (C=O) groups is 7. The number of hydrogen-bond acceptors (Lipinski definition) is 7. The monoisotopic (exact) mass is 724 g/mol. The third-order valence-corrected chi connectivity index (χ3v) is 12.2. The highest BCUT2D eigenvalue weighted by atomic mass is 16.2. The smallest absolute Gasteiger partial charge is 0.315 e. The topological polar surface area (TPSA) is 174 Å². The summed E-state index contributed by atoms with van der Waals surface area (Å²) in [5.41, 5.74) is -3.33. The third kappa shape index (κ3) is 7.78. The van der Waals surface area contributed by atoms with Crippen LogP contribution in [0.1, 0.15) is 108 Å². The first-order chi connectivity index (χ1) is 23.8. The molecule has 3 aliphatic carbocycles. The van der Waals surface area contributed by atoms with E-state index in [2.05, 4.69) is 41.7 Å². The third-order valence-electron chi connectivity index (χ3n) is 12.2. The first-order valence-electron chi connectivity index (χ1n) is 18.8. The second-order valence-electron chi connectivity index (χ2n) is 19.6. The van der Waals surface area contributed by atoms with Crippen LogP contribution >= 0.6 is 0 Å². The van der Waals surface area contributed by atoms with E-state index in [-0.39, 0.29) is 60.4 Å². The number of fused-ring (bicyclic) bond motifs is 1. The lowest BCUT2D eigenvalue weighted by molar-refractivity contribution is -0.153. The Hall–Kier alpha value is -3.77. The number of allylic oxidation sites excluding steroid dienone is 1. The van der Waals surface area contributed by atoms with Gasteiger partial charge in [-0.05, 0) is 65.1 Å². The average Bonchev–Trinajstić information content (AvgIpc) is 3.95. The van der Waals surface area contributed by atoms with Gasteiger partial charge in [0.05, 0.1) is 6.04 Å². The molecule has 7 amide bonds. The lowest BCUT2D eigenvalue weighted by Gasteiger charge is -2.41. The maximum absolute atomic E-state index is 14.5. The molecule has 7 atom stereocenters. The van der Waals surface area contributed by atoms with E-state index < -0.39 is 69.4 Å². The number of nitrogens with one attached hydrogen (secondary N) is 4. The highest BCUT2D eigenvalue weighted by molar-refractivity contribution is 6.41. The van der Waals surface area contributed by atoms with Gasteiger partial charge in [-0.25, -0.2) is 4.79 Å². The van der Waals surface area contributed by atoms with E-state index in [0.29, 0.717) is 19.4 Å². The molecule has 0 bridgehead atoms. The van der Waals surface area contributed by atoms with Crippen LogP contribution in [0.4, 0.5) is 4.79 Å². The first-order valence-corrected chi connectivity index (χ1v) is 18.8. The summed E-state index contributed by atoms with van der Waals surface area (Å²) in [4.78, 5) is 97.8. The van der Waals surface area contributed by atoms with Crippen molar-refractivity contribution in [3.05, 3.63) is 12.7 Å². The van der Waals surface area contributed by atoms with Gasteiger partial charge in [-0.1, -0.05) is 75.3 Å². The Morgan fingerprint density at radius 3 is 2.04 bits per heavy atom. The fourth-order valence-corrected chi connectivity index (χ4v) is 8.37. The number of rotatable bonds is 12. The average molecular weight is 725 g/mol. The number of Topliss-reactive ketones (excluding diaryl/α,β-unsaturated/α-hetero) is 1. The molecule has 0 spiro atoms. The Kier molecular flexibility index (Phi) is 10.1. The molecule has 4 unspecified atom stereocenters. The predicted octanol–water partition coefficient (Wildman–Crippen LogP) is 3.07. The molecule has 5 rings (SSSR count). The van der Waals surface area contributed by atoms with Crippen molar-refractivity contribution in [3.8, 4) is 0 Å². The summed E-state index contributed by atoms with van der Waals surface area (Å²) in [6.45, 7) is 23.2. The minimum atomic E-state index is -1.35. The van der Waals surface area contributed by atoms with Crippen LogP contribution in [0.5, 0.6) is 0 Å². The summed E-state index contributed by atoms with van der Waals surface area (Å²) in [5, 5.41) is 11.5. The van der Waals surface area contributed by atoms with Gasteiger partial charge in [-0.2, -0.15) is 0 Å². The summed E-state index contributed by atoms with van der Waals surface area (Å²) in [5.74, 6) is -3.23. The first kappa shape index (κ1) is 39.4. The summed E-state index contributed by atoms with van der Waals surface area (Å²) in [7, 11) is 0. The predicted molar refractivity (Wildman–Crippen MR) is 194 cm³/mol. The lowest BCUT2D eigenvalue weighted by Crippen LogP contribution is -2.63. The van der Waals surface area contributed by atoms with Crippen LogP contribution < -0.4 is 21.3 Å². The van der Waals surface area contributed by atoms with Gasteiger partial charge in [0.25, 0.3) is 5.91 Å². The molecule has 2 aliphatic heterocycles. The summed E-state index contributed by atoms with van der Waals surface area (Å²) in [6, 6.07) is -3.21. The Morgan fingerprint density at radius 1 is 0.923 bits per heavy atom. The van der Waals surface area contributed by atoms with Crippen LogP contribution in [0.15, 0.2) is 12.7 Å². The highest BCUT2D eigenvalue weighted by Crippen LogP contribution is 2.65. The van der Waals surface area contributed by atoms with Gasteiger partial charge in [0, 0.05) is 32.0 Å². The van der Waals surface area contributed by atoms with Gasteiger partial charge in [0.1, 0.15) is 17.6 Å². The van der Waals surface area contributed by atoms with Gasteiger partial charge >= 0.3 is 6.03 Å². The number of hydrogen-bond donors (Lipinski definition) is 4. The van der Waals surface area contributed by atoms with E-state index in [1.54, 1.807) is 6.08 Å². The molecule has 3 saturated carbocycles. The van der Waals surface area contributed by atoms with Crippen molar-refractivity contribution in [2.45, 2.75) is 137 Å². The van der Waals surface area contributed by atoms with Crippen molar-refractivity contribution < 1.29 is 33.6 Å². The Bertz CT molecular complexity index is 1530. The molecule has 288 valence electrons. The van der Waals surface area contributed by atoms with Gasteiger partial charge in [0.2, 0.25) is 29.4 Å². The molecule has 13 nitrogen and oxygen atoms in total. The standard InChI is InChI=1S/C39H60N6O7/c1-12-13-21-16-39(21,30(48)32(50)40-22-14-15-22)43-31(49)28-27-23(38(27,10)11)19-45(28)33(51)29(36(5,6)7)42-34(52)41-24(35(2,3)4)20-44-25(46)17-37(8,9)18-26(44)47/h12,21-24,27-29H,1,13-20H2,2-11H3,(H,40,50)(H,43,49)(H2,41,42,52)/t21?,23?,24-,27?,28+,29-,39?/m1/s1. The summed E-state index contributed by atoms with van der Waals surface area (Å²) < 4.78 is 0. The molecule has 0 aromatic heterocycles. The van der Waals surface area contributed by atoms with Crippen LogP contribution in [0.3, 0.4) is 0 Å². The minimum Gasteiger partial charge on any atom is -0.347 e. The number of amides is 7. The van der Waals surface area contributed by atoms with E-state index in [1.165, 1.54) is 9.80 Å². The zero-order valence-corrected chi connectivity index (χ0v) is 32.7. The van der Waals surface area contributed by atoms with Gasteiger partial charge in [0.15, 0.2) is 0 Å². The largest absolute Gasteiger partial charge is 0.347 e. The van der Waals surface area contributed by atoms with Gasteiger partial charge < -0.3 is 26.2 Å². The van der Waals surface area contributed by atoms with Crippen LogP contribution in [-0.4, -0.2) is 93.9 Å². The van der Waals surface area contributed by atoms with Crippen molar-refractivity contribution >= 4 is 41.4 Å². The maximum Gasteiger partial charge on any atom is 0.315 e. The zero-order chi connectivity index (χ0) is 38.9. The highest BCUT2D eigenvalue weighted by Gasteiger charge is 2.71. The lowest BCUT2D eigenvalue weighted by atomic mass is 9.80. The Labute approximate surface area is 308 Å². The van der Waals surface area contributed by atoms with Crippen molar-refractivity contribution in [2.24, 2.45) is 39.4 Å². The molecular weight excluding hydrogens is 664 g/mol. The van der Waals surface area contributed by atoms with E-state index in [4.69, 9.17) is 0 Å². The van der Waals surface area contributed by atoms with E-state index >= 15 is 0 Å². The van der Waals surface area contributed by atoms with E-state index in [1.807, 2.05) is 55.4 Å². The number of piperidine rings is 2. The van der Waals surface area contributed by atoms with Crippen molar-refractivity contribution in [1.29, 1.82) is 0 Å². The van der Waals surface area contributed by atoms with Gasteiger partial charge in [-0.15, -0.1) is 6.58 Å². The fraction of sp³-hybridized carbons (Fsp3) is 0.769. The van der Waals surface area contributed by atoms with E-state index in [0.717, 1.165) is 12.8 Å². The van der Waals surface area contributed by atoms with Crippen LogP contribution in [-0.2, 0) is 28.8 Å². The van der Waals surface area contributed by atoms with Gasteiger partial charge in [-0.3, -0.25) is 33.7 Å². The molecule has 2 heterocycles. The molecule has 4 N–H and O–H groups in total. The number of urea groups is 1. The number of nitrogens with zero attached hydrogens (tertiary/aromatic N) is 2. The molecule has 52 heavy (non-hydrogen) atoms. The number of ketones is 1. The Morgan fingerprint density at radius 2 is 1.52 bits per heavy atom. The molecule has 5 aliphatic rings. The maximum atomic E-state index is 14.5. The van der Waals surface area contributed by atoms with Crippen molar-refractivity contribution in [3.63, 3.8) is 0 Å². The quantitative estimate of drug-likeness (QED) is 0.136. The normalized spacial score (nSPS) is 30.0. The fourth-order valence-electron chi connectivity index (χ4n) is 8.37. The Balaban J connectivity index is 1.33. The van der Waals surface area contributed by atoms with Crippen LogP contribution in [0, 0.1) is 39.4 Å². The second-order valence-corrected chi connectivity index (χ2v) is 19.6. The number of imide groups is 1. The van der Waals surface area contributed by atoms with Crippen LogP contribution in [0.25, 0.3) is 0 Å². The minimum absolute atomic E-state index is 0.00237. The number of carbonyl (C=O) groups excluding carboxylic acids is 7. The molecule has 13 heteroatoms. The van der Waals surface area contributed by atoms with Crippen molar-refractivity contribution in [2.75, 3.05) is 13.1 Å². The van der Waals surface area contributed by atoms with Crippen molar-refractivity contribution in [1.82, 2.24) is 31.1 Å². The molecule has 0 radical (unpaired) electrons. The molecule has 0 aromatic rings. The number of likely N-dealkylation sites (tertiary alicyclic amines) is 2. The SMILES string of the molecule is C=CCC1CC1(NC(=O)[C@@H]1C2C(CN1C(=O)[C@@H](NC(=O)N[C@H](CN1C(=O)CC(C)(C)CC1=O)C(C)(C)C)C(C)(C)C)C2(C)C)C(=O)C(=O)NC1CC1. The van der Waals surface area contributed by atoms with E-state index in [9.17, 15) is 33.6 Å². The molecule has 5 fully saturated rings. The molecular formula is C39H60N6O7. The summed E-state index contributed by atoms with van der Waals surface area (Å²) in [6.07, 6.45) is 4.53. The summed E-state index contributed by atoms with van der Waals surface area (Å²) >= 11 is 0. The molecule has 2 saturated heterocycles. The van der Waals surface area contributed by atoms with Crippen LogP contribution in [0.2, 0.25) is 0 Å². The molecule has 0 aromatic carbocycles. The second kappa shape index (κ2) is 13.3. The zero-order valence-electron chi connectivity index (χ0n) is 32.7.